The third-order valence-electron chi connectivity index (χ3n) is 6.41. The summed E-state index contributed by atoms with van der Waals surface area (Å²) in [6.07, 6.45) is -3.67. The van der Waals surface area contributed by atoms with Crippen molar-refractivity contribution in [2.75, 3.05) is 26.2 Å². The Hall–Kier alpha value is -1.92. The predicted molar refractivity (Wildman–Crippen MR) is 119 cm³/mol. The average Bonchev–Trinajstić information content (AvgIpc) is 2.80. The molecule has 34 heavy (non-hydrogen) atoms. The summed E-state index contributed by atoms with van der Waals surface area (Å²) < 4.78 is 10.8. The summed E-state index contributed by atoms with van der Waals surface area (Å²) in [5, 5.41) is 32.2. The van der Waals surface area contributed by atoms with Gasteiger partial charge in [-0.15, -0.1) is 0 Å². The number of hydrogen-bond acceptors (Lipinski definition) is 9. The van der Waals surface area contributed by atoms with Crippen molar-refractivity contribution in [3.63, 3.8) is 0 Å². The van der Waals surface area contributed by atoms with E-state index in [2.05, 4.69) is 5.32 Å². The van der Waals surface area contributed by atoms with Crippen molar-refractivity contribution in [1.29, 1.82) is 0 Å². The molecule has 0 aromatic heterocycles. The standard InChI is InChI=1S/C23H38N2O9/c1-13(26)6-4-5-7-18(28)25-11-16(14(2)27)10-17(12-25)22(32)24-8-9-33-23-21(31)20(30)19(29)15(3)34-23/h15-17,19-21,23,29-31H,4-12H2,1-3H3,(H,24,32)/t15-,16-,17+,19+,20+,21-,23+/m0/s1. The minimum Gasteiger partial charge on any atom is -0.388 e. The number of amides is 2. The van der Waals surface area contributed by atoms with Crippen molar-refractivity contribution in [3.8, 4) is 0 Å². The minimum absolute atomic E-state index is 0.00927. The van der Waals surface area contributed by atoms with Crippen LogP contribution in [0.15, 0.2) is 0 Å². The zero-order chi connectivity index (χ0) is 25.4. The van der Waals surface area contributed by atoms with E-state index in [1.165, 1.54) is 13.8 Å². The van der Waals surface area contributed by atoms with E-state index >= 15 is 0 Å². The fourth-order valence-electron chi connectivity index (χ4n) is 4.24. The first-order chi connectivity index (χ1) is 16.0. The number of unbranched alkanes of at least 4 members (excludes halogenated alkanes) is 1. The SMILES string of the molecule is CC(=O)CCCCC(=O)N1C[C@@H](C(C)=O)C[C@@H](C(=O)NCCO[C@@H]2O[C@@H](C)[C@@H](O)[C@@H](O)[C@@H]2O)C1. The number of aliphatic hydroxyl groups is 3. The maximum atomic E-state index is 12.7. The molecular weight excluding hydrogens is 448 g/mol. The van der Waals surface area contributed by atoms with Crippen molar-refractivity contribution < 1.29 is 44.0 Å². The van der Waals surface area contributed by atoms with Crippen LogP contribution >= 0.6 is 0 Å². The van der Waals surface area contributed by atoms with Crippen LogP contribution in [0.3, 0.4) is 0 Å². The minimum atomic E-state index is -1.42. The Morgan fingerprint density at radius 1 is 0.971 bits per heavy atom. The highest BCUT2D eigenvalue weighted by molar-refractivity contribution is 5.85. The van der Waals surface area contributed by atoms with Gasteiger partial charge in [-0.3, -0.25) is 14.4 Å². The van der Waals surface area contributed by atoms with Crippen LogP contribution in [-0.2, 0) is 28.7 Å². The second kappa shape index (κ2) is 13.2. The van der Waals surface area contributed by atoms with Crippen LogP contribution in [0.4, 0.5) is 0 Å². The first-order valence-corrected chi connectivity index (χ1v) is 11.9. The Kier molecular flexibility index (Phi) is 11.0. The van der Waals surface area contributed by atoms with Gasteiger partial charge in [0, 0.05) is 38.4 Å². The van der Waals surface area contributed by atoms with Gasteiger partial charge in [0.2, 0.25) is 11.8 Å². The van der Waals surface area contributed by atoms with Gasteiger partial charge in [0.1, 0.15) is 29.9 Å². The number of piperidine rings is 1. The van der Waals surface area contributed by atoms with Gasteiger partial charge in [0.15, 0.2) is 6.29 Å². The highest BCUT2D eigenvalue weighted by atomic mass is 16.7. The van der Waals surface area contributed by atoms with Gasteiger partial charge in [-0.05, 0) is 40.0 Å². The van der Waals surface area contributed by atoms with Crippen LogP contribution < -0.4 is 5.32 Å². The van der Waals surface area contributed by atoms with Gasteiger partial charge < -0.3 is 39.8 Å². The maximum absolute atomic E-state index is 12.7. The number of carbonyl (C=O) groups excluding carboxylic acids is 4. The van der Waals surface area contributed by atoms with Crippen molar-refractivity contribution >= 4 is 23.4 Å². The molecule has 0 spiro atoms. The van der Waals surface area contributed by atoms with Gasteiger partial charge >= 0.3 is 0 Å². The molecule has 4 N–H and O–H groups in total. The lowest BCUT2D eigenvalue weighted by molar-refractivity contribution is -0.292. The molecule has 2 amide bonds. The molecule has 2 aliphatic heterocycles. The van der Waals surface area contributed by atoms with E-state index in [1.54, 1.807) is 11.8 Å². The Bertz CT molecular complexity index is 731. The van der Waals surface area contributed by atoms with Crippen LogP contribution in [0.5, 0.6) is 0 Å². The predicted octanol–water partition coefficient (Wildman–Crippen LogP) is -0.850. The number of likely N-dealkylation sites (tertiary alicyclic amines) is 1. The number of nitrogens with zero attached hydrogens (tertiary/aromatic N) is 1. The fourth-order valence-corrected chi connectivity index (χ4v) is 4.24. The zero-order valence-corrected chi connectivity index (χ0v) is 20.1. The first kappa shape index (κ1) is 28.3. The van der Waals surface area contributed by atoms with Crippen LogP contribution in [0.25, 0.3) is 0 Å². The Balaban J connectivity index is 1.82. The normalized spacial score (nSPS) is 31.7. The molecule has 0 radical (unpaired) electrons. The molecule has 0 aromatic rings. The number of ketones is 2. The Labute approximate surface area is 199 Å². The summed E-state index contributed by atoms with van der Waals surface area (Å²) in [5.41, 5.74) is 0. The van der Waals surface area contributed by atoms with E-state index in [0.29, 0.717) is 25.7 Å². The molecule has 0 aromatic carbocycles. The van der Waals surface area contributed by atoms with Crippen LogP contribution in [0.1, 0.15) is 52.9 Å². The molecule has 11 nitrogen and oxygen atoms in total. The van der Waals surface area contributed by atoms with Crippen LogP contribution in [0.2, 0.25) is 0 Å². The largest absolute Gasteiger partial charge is 0.388 e. The number of ether oxygens (including phenoxy) is 2. The second-order valence-corrected chi connectivity index (χ2v) is 9.29. The van der Waals surface area contributed by atoms with Crippen molar-refractivity contribution in [1.82, 2.24) is 10.2 Å². The lowest BCUT2D eigenvalue weighted by atomic mass is 9.86. The molecule has 2 heterocycles. The van der Waals surface area contributed by atoms with Gasteiger partial charge in [-0.2, -0.15) is 0 Å². The monoisotopic (exact) mass is 486 g/mol. The molecular formula is C23H38N2O9. The third-order valence-corrected chi connectivity index (χ3v) is 6.41. The molecule has 2 rings (SSSR count). The Morgan fingerprint density at radius 3 is 2.26 bits per heavy atom. The number of nitrogens with one attached hydrogen (secondary N) is 1. The molecule has 2 saturated heterocycles. The summed E-state index contributed by atoms with van der Waals surface area (Å²) in [6, 6.07) is 0. The second-order valence-electron chi connectivity index (χ2n) is 9.29. The van der Waals surface area contributed by atoms with Crippen molar-refractivity contribution in [2.45, 2.75) is 83.6 Å². The van der Waals surface area contributed by atoms with E-state index in [1.807, 2.05) is 0 Å². The number of carbonyl (C=O) groups is 4. The van der Waals surface area contributed by atoms with Gasteiger partial charge in [0.05, 0.1) is 18.6 Å². The molecule has 11 heteroatoms. The van der Waals surface area contributed by atoms with E-state index in [0.717, 1.165) is 0 Å². The molecule has 0 bridgehead atoms. The van der Waals surface area contributed by atoms with E-state index in [4.69, 9.17) is 9.47 Å². The smallest absolute Gasteiger partial charge is 0.225 e. The van der Waals surface area contributed by atoms with Gasteiger partial charge in [0.25, 0.3) is 0 Å². The molecule has 194 valence electrons. The summed E-state index contributed by atoms with van der Waals surface area (Å²) in [7, 11) is 0. The quantitative estimate of drug-likeness (QED) is 0.272. The van der Waals surface area contributed by atoms with Crippen molar-refractivity contribution in [3.05, 3.63) is 0 Å². The molecule has 0 aliphatic carbocycles. The number of hydrogen-bond donors (Lipinski definition) is 4. The van der Waals surface area contributed by atoms with Gasteiger partial charge in [-0.25, -0.2) is 0 Å². The molecule has 0 unspecified atom stereocenters. The highest BCUT2D eigenvalue weighted by Crippen LogP contribution is 2.24. The third kappa shape index (κ3) is 8.09. The van der Waals surface area contributed by atoms with E-state index in [9.17, 15) is 34.5 Å². The Morgan fingerprint density at radius 2 is 1.62 bits per heavy atom. The zero-order valence-electron chi connectivity index (χ0n) is 20.1. The fraction of sp³-hybridized carbons (Fsp3) is 0.826. The van der Waals surface area contributed by atoms with E-state index in [-0.39, 0.29) is 56.0 Å². The lowest BCUT2D eigenvalue weighted by Gasteiger charge is -2.39. The van der Waals surface area contributed by atoms with E-state index < -0.39 is 42.5 Å². The molecule has 0 saturated carbocycles. The first-order valence-electron chi connectivity index (χ1n) is 11.9. The number of rotatable bonds is 11. The number of aliphatic hydroxyl groups excluding tert-OH is 3. The lowest BCUT2D eigenvalue weighted by Crippen LogP contribution is -2.57. The topological polar surface area (TPSA) is 163 Å². The highest BCUT2D eigenvalue weighted by Gasteiger charge is 2.42. The van der Waals surface area contributed by atoms with Crippen LogP contribution in [0, 0.1) is 11.8 Å². The number of Topliss-reactive ketones (excluding diaryl/α,β-unsaturated/α-hetero) is 2. The maximum Gasteiger partial charge on any atom is 0.225 e. The summed E-state index contributed by atoms with van der Waals surface area (Å²) in [5.74, 6) is -1.39. The molecule has 2 aliphatic rings. The summed E-state index contributed by atoms with van der Waals surface area (Å²) in [6.45, 7) is 5.10. The van der Waals surface area contributed by atoms with Crippen molar-refractivity contribution in [2.24, 2.45) is 11.8 Å². The molecule has 7 atom stereocenters. The summed E-state index contributed by atoms with van der Waals surface area (Å²) in [4.78, 5) is 50.0. The molecule has 2 fully saturated rings. The average molecular weight is 487 g/mol. The summed E-state index contributed by atoms with van der Waals surface area (Å²) >= 11 is 0. The van der Waals surface area contributed by atoms with Gasteiger partial charge in [-0.1, -0.05) is 0 Å². The van der Waals surface area contributed by atoms with Crippen LogP contribution in [-0.4, -0.2) is 101 Å².